The van der Waals surface area contributed by atoms with Gasteiger partial charge in [-0.25, -0.2) is 4.99 Å². The average molecular weight is 515 g/mol. The zero-order valence-electron chi connectivity index (χ0n) is 17.9. The van der Waals surface area contributed by atoms with Gasteiger partial charge in [-0.15, -0.1) is 24.0 Å². The number of carbonyl (C=O) groups is 2. The van der Waals surface area contributed by atoms with E-state index in [1.165, 1.54) is 0 Å². The Morgan fingerprint density at radius 3 is 2.34 bits per heavy atom. The zero-order valence-corrected chi connectivity index (χ0v) is 20.2. The normalized spacial score (nSPS) is 14.9. The molecule has 1 aliphatic heterocycles. The van der Waals surface area contributed by atoms with E-state index < -0.39 is 0 Å². The monoisotopic (exact) mass is 515 g/mol. The number of rotatable bonds is 6. The van der Waals surface area contributed by atoms with Gasteiger partial charge in [-0.2, -0.15) is 0 Å². The topological polar surface area (TPSA) is 77.0 Å². The summed E-state index contributed by atoms with van der Waals surface area (Å²) in [5.74, 6) is 0.872. The first kappa shape index (κ1) is 25.2. The summed E-state index contributed by atoms with van der Waals surface area (Å²) in [6.45, 7) is 6.10. The van der Waals surface area contributed by atoms with Gasteiger partial charge in [0.25, 0.3) is 0 Å². The van der Waals surface area contributed by atoms with E-state index in [-0.39, 0.29) is 54.3 Å². The lowest BCUT2D eigenvalue weighted by Gasteiger charge is -2.34. The third-order valence-corrected chi connectivity index (χ3v) is 4.81. The minimum atomic E-state index is -0.00781. The second-order valence-electron chi connectivity index (χ2n) is 7.69. The van der Waals surface area contributed by atoms with Crippen LogP contribution in [0.5, 0.6) is 0 Å². The van der Waals surface area contributed by atoms with Gasteiger partial charge in [0.1, 0.15) is 0 Å². The molecule has 1 aromatic carbocycles. The summed E-state index contributed by atoms with van der Waals surface area (Å²) in [6, 6.07) is 10.2. The summed E-state index contributed by atoms with van der Waals surface area (Å²) in [4.78, 5) is 32.2. The van der Waals surface area contributed by atoms with E-state index in [0.717, 1.165) is 31.5 Å². The molecule has 0 spiro atoms. The molecule has 1 fully saturated rings. The molecule has 8 heteroatoms. The molecule has 0 saturated carbocycles. The number of halogens is 1. The van der Waals surface area contributed by atoms with Crippen LogP contribution < -0.4 is 10.6 Å². The fourth-order valence-corrected chi connectivity index (χ4v) is 3.03. The number of guanidine groups is 1. The van der Waals surface area contributed by atoms with Gasteiger partial charge in [0.2, 0.25) is 11.8 Å². The maximum atomic E-state index is 12.2. The van der Waals surface area contributed by atoms with Crippen molar-refractivity contribution in [2.45, 2.75) is 39.3 Å². The number of likely N-dealkylation sites (tertiary alicyclic amines) is 1. The number of likely N-dealkylation sites (N-methyl/N-ethyl adjacent to an activating group) is 1. The quantitative estimate of drug-likeness (QED) is 0.346. The first-order chi connectivity index (χ1) is 13.4. The number of nitrogens with one attached hydrogen (secondary N) is 2. The minimum absolute atomic E-state index is 0. The molecule has 162 valence electrons. The van der Waals surface area contributed by atoms with Crippen LogP contribution in [0.4, 0.5) is 0 Å². The molecular formula is C21H34IN5O2. The molecule has 0 atom stereocenters. The highest BCUT2D eigenvalue weighted by Gasteiger charge is 2.24. The highest BCUT2D eigenvalue weighted by Crippen LogP contribution is 2.13. The summed E-state index contributed by atoms with van der Waals surface area (Å²) in [5.41, 5.74) is 1.11. The average Bonchev–Trinajstić information content (AvgIpc) is 2.70. The standard InChI is InChI=1S/C21H33N5O2.HI/c1-16(2)20(28)26-12-10-18(11-13-26)24-21(23-15-19(27)25(3)4)22-14-17-8-6-5-7-9-17;/h5-9,16,18H,10-15H2,1-4H3,(H2,22,23,24);1H. The van der Waals surface area contributed by atoms with Crippen molar-refractivity contribution in [1.82, 2.24) is 20.4 Å². The molecule has 1 heterocycles. The van der Waals surface area contributed by atoms with Gasteiger partial charge in [0.05, 0.1) is 13.1 Å². The van der Waals surface area contributed by atoms with Crippen molar-refractivity contribution in [2.24, 2.45) is 10.9 Å². The van der Waals surface area contributed by atoms with Crippen LogP contribution in [0.25, 0.3) is 0 Å². The number of benzene rings is 1. The lowest BCUT2D eigenvalue weighted by Crippen LogP contribution is -2.51. The Hall–Kier alpha value is -1.84. The molecule has 0 aliphatic carbocycles. The van der Waals surface area contributed by atoms with E-state index in [9.17, 15) is 9.59 Å². The minimum Gasteiger partial charge on any atom is -0.354 e. The Bertz CT molecular complexity index is 671. The first-order valence-corrected chi connectivity index (χ1v) is 9.94. The predicted molar refractivity (Wildman–Crippen MR) is 127 cm³/mol. The Labute approximate surface area is 191 Å². The number of carbonyl (C=O) groups excluding carboxylic acids is 2. The van der Waals surface area contributed by atoms with E-state index in [2.05, 4.69) is 15.6 Å². The van der Waals surface area contributed by atoms with Gasteiger partial charge in [-0.3, -0.25) is 9.59 Å². The van der Waals surface area contributed by atoms with Crippen LogP contribution >= 0.6 is 24.0 Å². The van der Waals surface area contributed by atoms with Crippen molar-refractivity contribution < 1.29 is 9.59 Å². The zero-order chi connectivity index (χ0) is 20.5. The highest BCUT2D eigenvalue weighted by molar-refractivity contribution is 14.0. The van der Waals surface area contributed by atoms with E-state index in [0.29, 0.717) is 12.5 Å². The van der Waals surface area contributed by atoms with Gasteiger partial charge >= 0.3 is 0 Å². The molecule has 29 heavy (non-hydrogen) atoms. The van der Waals surface area contributed by atoms with Crippen LogP contribution in [0.2, 0.25) is 0 Å². The number of hydrogen-bond acceptors (Lipinski definition) is 3. The second kappa shape index (κ2) is 12.7. The van der Waals surface area contributed by atoms with Gasteiger partial charge in [-0.1, -0.05) is 44.2 Å². The van der Waals surface area contributed by atoms with E-state index in [1.54, 1.807) is 19.0 Å². The molecular weight excluding hydrogens is 481 g/mol. The molecule has 0 radical (unpaired) electrons. The van der Waals surface area contributed by atoms with E-state index in [4.69, 9.17) is 0 Å². The maximum absolute atomic E-state index is 12.2. The Kier molecular flexibility index (Phi) is 11.0. The van der Waals surface area contributed by atoms with Gasteiger partial charge in [-0.05, 0) is 18.4 Å². The van der Waals surface area contributed by atoms with E-state index in [1.807, 2.05) is 49.1 Å². The summed E-state index contributed by atoms with van der Waals surface area (Å²) < 4.78 is 0. The number of hydrogen-bond donors (Lipinski definition) is 2. The van der Waals surface area contributed by atoms with Crippen molar-refractivity contribution in [3.63, 3.8) is 0 Å². The Balaban J connectivity index is 0.00000420. The molecule has 7 nitrogen and oxygen atoms in total. The molecule has 0 aromatic heterocycles. The lowest BCUT2D eigenvalue weighted by molar-refractivity contribution is -0.135. The van der Waals surface area contributed by atoms with Crippen LogP contribution in [0, 0.1) is 5.92 Å². The molecule has 1 aliphatic rings. The Morgan fingerprint density at radius 2 is 1.79 bits per heavy atom. The van der Waals surface area contributed by atoms with Crippen LogP contribution in [0.1, 0.15) is 32.3 Å². The third-order valence-electron chi connectivity index (χ3n) is 4.81. The van der Waals surface area contributed by atoms with Gasteiger partial charge in [0, 0.05) is 39.1 Å². The van der Waals surface area contributed by atoms with E-state index >= 15 is 0 Å². The molecule has 2 amide bonds. The van der Waals surface area contributed by atoms with Crippen LogP contribution in [0.3, 0.4) is 0 Å². The highest BCUT2D eigenvalue weighted by atomic mass is 127. The number of piperidine rings is 1. The summed E-state index contributed by atoms with van der Waals surface area (Å²) >= 11 is 0. The Morgan fingerprint density at radius 1 is 1.17 bits per heavy atom. The molecule has 1 saturated heterocycles. The van der Waals surface area contributed by atoms with Crippen molar-refractivity contribution in [1.29, 1.82) is 0 Å². The summed E-state index contributed by atoms with van der Waals surface area (Å²) in [6.07, 6.45) is 1.73. The molecule has 2 rings (SSSR count). The summed E-state index contributed by atoms with van der Waals surface area (Å²) in [5, 5.41) is 6.58. The largest absolute Gasteiger partial charge is 0.354 e. The molecule has 1 aromatic rings. The predicted octanol–water partition coefficient (Wildman–Crippen LogP) is 2.07. The molecule has 2 N–H and O–H groups in total. The smallest absolute Gasteiger partial charge is 0.241 e. The van der Waals surface area contributed by atoms with Crippen LogP contribution in [-0.2, 0) is 16.1 Å². The SMILES string of the molecule is CC(C)C(=O)N1CCC(NC(=NCc2ccccc2)NCC(=O)N(C)C)CC1.I. The van der Waals surface area contributed by atoms with Gasteiger partial charge < -0.3 is 20.4 Å². The number of aliphatic imine (C=N–C) groups is 1. The first-order valence-electron chi connectivity index (χ1n) is 9.94. The fraction of sp³-hybridized carbons (Fsp3) is 0.571. The fourth-order valence-electron chi connectivity index (χ4n) is 3.03. The van der Waals surface area contributed by atoms with Gasteiger partial charge in [0.15, 0.2) is 5.96 Å². The summed E-state index contributed by atoms with van der Waals surface area (Å²) in [7, 11) is 3.47. The number of amides is 2. The maximum Gasteiger partial charge on any atom is 0.241 e. The lowest BCUT2D eigenvalue weighted by atomic mass is 10.0. The van der Waals surface area contributed by atoms with Crippen LogP contribution in [0.15, 0.2) is 35.3 Å². The molecule has 0 unspecified atom stereocenters. The third kappa shape index (κ3) is 8.59. The molecule has 0 bridgehead atoms. The second-order valence-corrected chi connectivity index (χ2v) is 7.69. The van der Waals surface area contributed by atoms with Crippen molar-refractivity contribution in [3.8, 4) is 0 Å². The van der Waals surface area contributed by atoms with Crippen molar-refractivity contribution >= 4 is 41.8 Å². The van der Waals surface area contributed by atoms with Crippen molar-refractivity contribution in [3.05, 3.63) is 35.9 Å². The van der Waals surface area contributed by atoms with Crippen LogP contribution in [-0.4, -0.2) is 67.3 Å². The van der Waals surface area contributed by atoms with Crippen molar-refractivity contribution in [2.75, 3.05) is 33.7 Å². The number of nitrogens with zero attached hydrogens (tertiary/aromatic N) is 3.